The number of rotatable bonds is 5. The topological polar surface area (TPSA) is 75.3 Å². The highest BCUT2D eigenvalue weighted by Crippen LogP contribution is 2.22. The Hall–Kier alpha value is -1.47. The van der Waals surface area contributed by atoms with E-state index in [0.717, 1.165) is 24.8 Å². The van der Waals surface area contributed by atoms with Gasteiger partial charge in [-0.15, -0.1) is 4.83 Å². The summed E-state index contributed by atoms with van der Waals surface area (Å²) >= 11 is 0. The SMILES string of the molecule is CCc1cc(C)c(F)c(C(=O)NNS(=O)(=O)C2CCCCC2)c1.[HH].[HH]. The predicted molar refractivity (Wildman–Crippen MR) is 91.1 cm³/mol. The van der Waals surface area contributed by atoms with Crippen molar-refractivity contribution in [1.82, 2.24) is 10.3 Å². The normalized spacial score (nSPS) is 16.3. The third-order valence-electron chi connectivity index (χ3n) is 4.27. The zero-order chi connectivity index (χ0) is 17.0. The zero-order valence-corrected chi connectivity index (χ0v) is 14.3. The van der Waals surface area contributed by atoms with Crippen LogP contribution in [0.2, 0.25) is 0 Å². The first-order valence-corrected chi connectivity index (χ1v) is 9.49. The van der Waals surface area contributed by atoms with Crippen LogP contribution < -0.4 is 10.3 Å². The molecule has 0 radical (unpaired) electrons. The second kappa shape index (κ2) is 7.40. The molecule has 0 spiro atoms. The maximum Gasteiger partial charge on any atom is 0.269 e. The zero-order valence-electron chi connectivity index (χ0n) is 13.5. The third-order valence-corrected chi connectivity index (χ3v) is 6.00. The van der Waals surface area contributed by atoms with Crippen molar-refractivity contribution in [3.05, 3.63) is 34.6 Å². The van der Waals surface area contributed by atoms with Gasteiger partial charge in [-0.25, -0.2) is 12.8 Å². The van der Waals surface area contributed by atoms with Gasteiger partial charge < -0.3 is 0 Å². The van der Waals surface area contributed by atoms with Crippen molar-refractivity contribution < 1.29 is 20.5 Å². The molecule has 132 valence electrons. The molecule has 1 fully saturated rings. The summed E-state index contributed by atoms with van der Waals surface area (Å²) in [6.07, 6.45) is 4.60. The summed E-state index contributed by atoms with van der Waals surface area (Å²) in [7, 11) is -3.63. The van der Waals surface area contributed by atoms with Gasteiger partial charge >= 0.3 is 0 Å². The molecule has 5 nitrogen and oxygen atoms in total. The molecule has 1 aromatic rings. The van der Waals surface area contributed by atoms with Crippen LogP contribution in [-0.2, 0) is 16.4 Å². The summed E-state index contributed by atoms with van der Waals surface area (Å²) in [4.78, 5) is 14.3. The minimum absolute atomic E-state index is 0. The first kappa shape index (κ1) is 17.9. The first-order chi connectivity index (χ1) is 10.8. The van der Waals surface area contributed by atoms with Crippen molar-refractivity contribution in [2.45, 2.75) is 57.6 Å². The van der Waals surface area contributed by atoms with Crippen LogP contribution in [0, 0.1) is 12.7 Å². The number of carbonyl (C=O) groups is 1. The van der Waals surface area contributed by atoms with E-state index in [0.29, 0.717) is 24.8 Å². The fraction of sp³-hybridized carbons (Fsp3) is 0.562. The molecule has 1 aliphatic rings. The summed E-state index contributed by atoms with van der Waals surface area (Å²) in [5.41, 5.74) is 3.18. The van der Waals surface area contributed by atoms with Gasteiger partial charge in [0.15, 0.2) is 0 Å². The summed E-state index contributed by atoms with van der Waals surface area (Å²) < 4.78 is 38.5. The van der Waals surface area contributed by atoms with E-state index in [9.17, 15) is 17.6 Å². The van der Waals surface area contributed by atoms with E-state index in [4.69, 9.17) is 0 Å². The Kier molecular flexibility index (Phi) is 5.75. The number of aryl methyl sites for hydroxylation is 2. The molecular weight excluding hydrogens is 319 g/mol. The standard InChI is InChI=1S/C16H23FN2O3S.2H2/c1-3-12-9-11(2)15(17)14(10-12)16(20)18-19-23(21,22)13-7-5-4-6-8-13;;/h9-10,13,19H,3-8H2,1-2H3,(H,18,20);2*1H. The molecule has 1 aromatic carbocycles. The van der Waals surface area contributed by atoms with Gasteiger partial charge in [0.05, 0.1) is 10.8 Å². The largest absolute Gasteiger partial charge is 0.274 e. The molecular formula is C16H27FN2O3S. The summed E-state index contributed by atoms with van der Waals surface area (Å²) in [6, 6.07) is 3.13. The van der Waals surface area contributed by atoms with Gasteiger partial charge in [0.1, 0.15) is 5.82 Å². The fourth-order valence-electron chi connectivity index (χ4n) is 2.86. The lowest BCUT2D eigenvalue weighted by Gasteiger charge is -2.22. The van der Waals surface area contributed by atoms with E-state index in [1.807, 2.05) is 6.92 Å². The molecule has 2 rings (SSSR count). The molecule has 0 heterocycles. The van der Waals surface area contributed by atoms with Crippen LogP contribution in [0.5, 0.6) is 0 Å². The molecule has 7 heteroatoms. The van der Waals surface area contributed by atoms with Crippen LogP contribution in [0.4, 0.5) is 4.39 Å². The minimum Gasteiger partial charge on any atom is -0.274 e. The molecule has 0 aliphatic heterocycles. The Balaban J connectivity index is 0.00000288. The number of carbonyl (C=O) groups excluding carboxylic acids is 1. The van der Waals surface area contributed by atoms with E-state index < -0.39 is 27.0 Å². The van der Waals surface area contributed by atoms with Gasteiger partial charge in [-0.05, 0) is 43.4 Å². The minimum atomic E-state index is -3.63. The second-order valence-electron chi connectivity index (χ2n) is 5.99. The average Bonchev–Trinajstić information content (AvgIpc) is 2.56. The summed E-state index contributed by atoms with van der Waals surface area (Å²) in [5.74, 6) is -1.41. The molecule has 1 amide bonds. The van der Waals surface area contributed by atoms with Crippen LogP contribution in [0.15, 0.2) is 12.1 Å². The fourth-order valence-corrected chi connectivity index (χ4v) is 4.21. The molecule has 1 saturated carbocycles. The molecule has 0 aromatic heterocycles. The number of hydrogen-bond donors (Lipinski definition) is 2. The van der Waals surface area contributed by atoms with Crippen molar-refractivity contribution in [2.24, 2.45) is 0 Å². The maximum atomic E-state index is 14.1. The maximum absolute atomic E-state index is 14.1. The van der Waals surface area contributed by atoms with Gasteiger partial charge in [0, 0.05) is 2.85 Å². The van der Waals surface area contributed by atoms with E-state index in [1.54, 1.807) is 13.0 Å². The first-order valence-electron chi connectivity index (χ1n) is 7.95. The molecule has 2 N–H and O–H groups in total. The van der Waals surface area contributed by atoms with Crippen LogP contribution in [0.3, 0.4) is 0 Å². The summed E-state index contributed by atoms with van der Waals surface area (Å²) in [5, 5.41) is -0.495. The summed E-state index contributed by atoms with van der Waals surface area (Å²) in [6.45, 7) is 3.48. The van der Waals surface area contributed by atoms with Crippen molar-refractivity contribution in [3.8, 4) is 0 Å². The van der Waals surface area contributed by atoms with Crippen molar-refractivity contribution in [1.29, 1.82) is 0 Å². The lowest BCUT2D eigenvalue weighted by atomic mass is 10.0. The van der Waals surface area contributed by atoms with E-state index in [2.05, 4.69) is 10.3 Å². The number of benzene rings is 1. The highest BCUT2D eigenvalue weighted by molar-refractivity contribution is 7.90. The van der Waals surface area contributed by atoms with Crippen LogP contribution >= 0.6 is 0 Å². The quantitative estimate of drug-likeness (QED) is 0.805. The highest BCUT2D eigenvalue weighted by atomic mass is 32.2. The number of nitrogens with one attached hydrogen (secondary N) is 2. The van der Waals surface area contributed by atoms with Crippen molar-refractivity contribution >= 4 is 15.9 Å². The Morgan fingerprint density at radius 3 is 2.57 bits per heavy atom. The number of halogens is 1. The third kappa shape index (κ3) is 4.29. The highest BCUT2D eigenvalue weighted by Gasteiger charge is 2.28. The smallest absolute Gasteiger partial charge is 0.269 e. The molecule has 23 heavy (non-hydrogen) atoms. The molecule has 0 atom stereocenters. The number of sulfonamides is 1. The van der Waals surface area contributed by atoms with E-state index >= 15 is 0 Å². The molecule has 1 aliphatic carbocycles. The number of hydrogen-bond acceptors (Lipinski definition) is 3. The van der Waals surface area contributed by atoms with Gasteiger partial charge in [-0.3, -0.25) is 10.2 Å². The Bertz CT molecular complexity index is 693. The van der Waals surface area contributed by atoms with Gasteiger partial charge in [-0.1, -0.05) is 32.3 Å². The monoisotopic (exact) mass is 346 g/mol. The van der Waals surface area contributed by atoms with Crippen LogP contribution in [-0.4, -0.2) is 19.6 Å². The van der Waals surface area contributed by atoms with Crippen LogP contribution in [0.25, 0.3) is 0 Å². The second-order valence-corrected chi connectivity index (χ2v) is 7.95. The average molecular weight is 346 g/mol. The van der Waals surface area contributed by atoms with Gasteiger partial charge in [-0.2, -0.15) is 0 Å². The number of hydrazine groups is 1. The lowest BCUT2D eigenvalue weighted by Crippen LogP contribution is -2.46. The molecule has 0 saturated heterocycles. The van der Waals surface area contributed by atoms with E-state index in [1.165, 1.54) is 6.07 Å². The predicted octanol–water partition coefficient (Wildman–Crippen LogP) is 3.09. The van der Waals surface area contributed by atoms with Crippen LogP contribution in [0.1, 0.15) is 63.4 Å². The Labute approximate surface area is 139 Å². The molecule has 0 bridgehead atoms. The molecule has 0 unspecified atom stereocenters. The number of amides is 1. The Morgan fingerprint density at radius 1 is 1.30 bits per heavy atom. The van der Waals surface area contributed by atoms with Crippen molar-refractivity contribution in [3.63, 3.8) is 0 Å². The Morgan fingerprint density at radius 2 is 1.96 bits per heavy atom. The van der Waals surface area contributed by atoms with Crippen molar-refractivity contribution in [2.75, 3.05) is 0 Å². The van der Waals surface area contributed by atoms with E-state index in [-0.39, 0.29) is 8.42 Å². The lowest BCUT2D eigenvalue weighted by molar-refractivity contribution is 0.0940. The van der Waals surface area contributed by atoms with Gasteiger partial charge in [0.25, 0.3) is 5.91 Å². The van der Waals surface area contributed by atoms with Gasteiger partial charge in [0.2, 0.25) is 10.0 Å².